The summed E-state index contributed by atoms with van der Waals surface area (Å²) in [5.41, 5.74) is 4.98. The van der Waals surface area contributed by atoms with E-state index in [0.717, 1.165) is 12.1 Å². The fourth-order valence-electron chi connectivity index (χ4n) is 12.7. The van der Waals surface area contributed by atoms with Crippen LogP contribution in [-0.2, 0) is 70.8 Å². The van der Waals surface area contributed by atoms with Crippen LogP contribution in [0.2, 0.25) is 0 Å². The van der Waals surface area contributed by atoms with Crippen LogP contribution in [0.1, 0.15) is 84.8 Å². The van der Waals surface area contributed by atoms with E-state index >= 15 is 0 Å². The zero-order valence-electron chi connectivity index (χ0n) is 53.8. The summed E-state index contributed by atoms with van der Waals surface area (Å²) in [6.07, 6.45) is -14.3. The normalized spacial score (nSPS) is 26.9. The predicted octanol–water partition coefficient (Wildman–Crippen LogP) is 0.514. The van der Waals surface area contributed by atoms with Gasteiger partial charge in [-0.1, -0.05) is 17.2 Å². The second-order valence-corrected chi connectivity index (χ2v) is 25.7. The summed E-state index contributed by atoms with van der Waals surface area (Å²) in [4.78, 5) is 61.3. The van der Waals surface area contributed by atoms with Crippen molar-refractivity contribution in [3.8, 4) is 34.5 Å². The standard InChI is InChI=1S/C63H79N7O26S/c1-33-57-39(69-18-22-89-61(85-5)59(69)94-57)28-45(90-33)91-43-30-63(81,29-38-47(43)54(76)49-48(51(38)73)50(72)37-7-6-8-41(84-4)46(37)53(49)75)62(80)66-15-19-70(2,3)31-34-9-12-36(13-10-34)95-97(82,83)96-42-27-35(11-14-40(42)92-60-56(78)55(77)52(74)44(32-71)93-60)58(79)65-16-20-86-23-25-88-26-24-87-21-17-67-68-64/h6-14,27,33,39,43-45,52,55-57,59-61,71,74,77-78,81H,15-26,28-32H2,1-5H3,(H3-,65,66,72,73,75,76,79,80)/p+1/t33-,39-,43-,44+,45-,52-,55-,56+,57+,59+,60?,61-,63-/m0/s1. The number of azide groups is 1. The number of carbonyl (C=O) groups excluding carboxylic acids is 4. The largest absolute Gasteiger partial charge is 0.507 e. The number of phenols is 2. The monoisotopic (exact) mass is 1380 g/mol. The van der Waals surface area contributed by atoms with Gasteiger partial charge in [0, 0.05) is 84.8 Å². The van der Waals surface area contributed by atoms with Crippen molar-refractivity contribution in [2.45, 2.75) is 112 Å². The first kappa shape index (κ1) is 72.3. The van der Waals surface area contributed by atoms with Gasteiger partial charge < -0.3 is 111 Å². The van der Waals surface area contributed by atoms with E-state index in [1.165, 1.54) is 50.6 Å². The van der Waals surface area contributed by atoms with Crippen molar-refractivity contribution in [2.24, 2.45) is 5.11 Å². The minimum Gasteiger partial charge on any atom is -0.507 e. The molecule has 13 atom stereocenters. The third-order valence-corrected chi connectivity index (χ3v) is 18.3. The number of aliphatic hydroxyl groups excluding tert-OH is 4. The molecule has 0 saturated carbocycles. The van der Waals surface area contributed by atoms with Crippen molar-refractivity contribution in [3.63, 3.8) is 0 Å². The topological polar surface area (TPSA) is 440 Å². The number of likely N-dealkylation sites (N-methyl/N-ethyl adjacent to an activating group) is 1. The van der Waals surface area contributed by atoms with Gasteiger partial charge >= 0.3 is 10.4 Å². The Kier molecular flexibility index (Phi) is 23.3. The van der Waals surface area contributed by atoms with Crippen molar-refractivity contribution in [1.29, 1.82) is 0 Å². The van der Waals surface area contributed by atoms with E-state index in [1.54, 1.807) is 19.1 Å². The number of methoxy groups -OCH3 is 2. The van der Waals surface area contributed by atoms with Crippen LogP contribution in [0.3, 0.4) is 0 Å². The van der Waals surface area contributed by atoms with Crippen molar-refractivity contribution >= 4 is 33.8 Å². The summed E-state index contributed by atoms with van der Waals surface area (Å²) in [6, 6.07) is 13.3. The number of nitrogens with one attached hydrogen (secondary N) is 2. The number of aliphatic hydroxyl groups is 5. The summed E-state index contributed by atoms with van der Waals surface area (Å²) < 4.78 is 102. The molecule has 97 heavy (non-hydrogen) atoms. The van der Waals surface area contributed by atoms with Crippen LogP contribution < -0.4 is 28.5 Å². The Morgan fingerprint density at radius 2 is 1.55 bits per heavy atom. The highest BCUT2D eigenvalue weighted by Gasteiger charge is 2.56. The molecule has 0 spiro atoms. The molecule has 0 radical (unpaired) electrons. The lowest BCUT2D eigenvalue weighted by Gasteiger charge is -2.43. The van der Waals surface area contributed by atoms with E-state index in [2.05, 4.69) is 25.6 Å². The Hall–Kier alpha value is -7.42. The number of ether oxygens (including phenoxy) is 11. The maximum Gasteiger partial charge on any atom is 0.501 e. The number of quaternary nitrogens is 1. The number of phenolic OH excluding ortho intramolecular Hbond substituents is 2. The number of rotatable bonds is 30. The van der Waals surface area contributed by atoms with Crippen molar-refractivity contribution in [3.05, 3.63) is 116 Å². The van der Waals surface area contributed by atoms with Gasteiger partial charge in [0.05, 0.1) is 116 Å². The average Bonchev–Trinajstić information content (AvgIpc) is 0.877. The molecule has 10 rings (SSSR count). The van der Waals surface area contributed by atoms with Gasteiger partial charge in [-0.05, 0) is 61.0 Å². The van der Waals surface area contributed by atoms with Gasteiger partial charge in [-0.2, -0.15) is 0 Å². The SMILES string of the molecule is COc1cccc2c1C(=O)c1c(O)c3c(c(O)c1C2=O)C[C@@](O)(C(=O)NCC[N+](C)(C)Cc1ccc(OS(=O)(=O)Oc2cc(C(=O)NCCOCCOCCOCCN=[N+]=[N-])ccc2OC2O[C@H](CO)[C@H](O)[C@H](O)[C@H]2O)cc1)C[C@@H]3O[C@H]1C[C@H]2[C@H](O[C@@H]3[C@@H](OC)OCCN32)[C@H](C)O1. The second kappa shape index (κ2) is 31.2. The number of amides is 2. The molecular formula is C63H80N7O26S+. The maximum atomic E-state index is 14.5. The van der Waals surface area contributed by atoms with E-state index in [1.807, 2.05) is 14.1 Å². The van der Waals surface area contributed by atoms with E-state index in [0.29, 0.717) is 25.3 Å². The molecular weight excluding hydrogens is 1300 g/mol. The molecule has 2 aliphatic carbocycles. The number of ketones is 2. The Labute approximate surface area is 556 Å². The molecule has 33 nitrogen and oxygen atoms in total. The summed E-state index contributed by atoms with van der Waals surface area (Å²) in [6.45, 7) is 3.87. The Bertz CT molecular complexity index is 3670. The molecule has 4 fully saturated rings. The van der Waals surface area contributed by atoms with Crippen LogP contribution >= 0.6 is 0 Å². The van der Waals surface area contributed by atoms with Crippen molar-refractivity contribution < 1.29 is 128 Å². The Morgan fingerprint density at radius 1 is 0.825 bits per heavy atom. The van der Waals surface area contributed by atoms with E-state index in [4.69, 9.17) is 66.0 Å². The van der Waals surface area contributed by atoms with Gasteiger partial charge in [0.15, 0.2) is 36.1 Å². The molecule has 0 bridgehead atoms. The number of hydrogen-bond donors (Lipinski definition) is 9. The summed E-state index contributed by atoms with van der Waals surface area (Å²) in [5.74, 6) is -5.81. The van der Waals surface area contributed by atoms with Gasteiger partial charge in [-0.25, -0.2) is 0 Å². The van der Waals surface area contributed by atoms with Crippen LogP contribution in [0.15, 0.2) is 65.8 Å². The molecule has 528 valence electrons. The van der Waals surface area contributed by atoms with Crippen molar-refractivity contribution in [1.82, 2.24) is 15.5 Å². The zero-order chi connectivity index (χ0) is 69.5. The van der Waals surface area contributed by atoms with Crippen LogP contribution in [0.4, 0.5) is 0 Å². The van der Waals surface area contributed by atoms with Crippen LogP contribution in [0.25, 0.3) is 10.4 Å². The molecule has 4 aliphatic heterocycles. The summed E-state index contributed by atoms with van der Waals surface area (Å²) in [7, 11) is 1.45. The quantitative estimate of drug-likeness (QED) is 0.00755. The molecule has 9 N–H and O–H groups in total. The number of fused-ring (bicyclic) bond motifs is 6. The Morgan fingerprint density at radius 3 is 2.26 bits per heavy atom. The number of aromatic hydroxyl groups is 2. The Balaban J connectivity index is 0.788. The minimum atomic E-state index is -5.08. The predicted molar refractivity (Wildman–Crippen MR) is 332 cm³/mol. The third kappa shape index (κ3) is 16.2. The molecule has 1 unspecified atom stereocenters. The number of hydrogen-bond acceptors (Lipinski definition) is 28. The van der Waals surface area contributed by atoms with E-state index < -0.39 is 161 Å². The first-order valence-electron chi connectivity index (χ1n) is 31.3. The van der Waals surface area contributed by atoms with Crippen molar-refractivity contribution in [2.75, 3.05) is 114 Å². The molecule has 2 amide bonds. The molecule has 6 aliphatic rings. The van der Waals surface area contributed by atoms with Gasteiger partial charge in [0.2, 0.25) is 12.1 Å². The average molecular weight is 1380 g/mol. The maximum absolute atomic E-state index is 14.5. The minimum absolute atomic E-state index is 0.0119. The lowest BCUT2D eigenvalue weighted by molar-refractivity contribution is -0.902. The second-order valence-electron chi connectivity index (χ2n) is 24.5. The first-order valence-corrected chi connectivity index (χ1v) is 32.7. The molecule has 0 aromatic heterocycles. The summed E-state index contributed by atoms with van der Waals surface area (Å²) in [5, 5.41) is 87.1. The lowest BCUT2D eigenvalue weighted by atomic mass is 9.72. The van der Waals surface area contributed by atoms with Crippen LogP contribution in [0, 0.1) is 0 Å². The van der Waals surface area contributed by atoms with Gasteiger partial charge in [0.25, 0.3) is 11.8 Å². The number of carbonyl (C=O) groups is 4. The van der Waals surface area contributed by atoms with E-state index in [-0.39, 0.29) is 122 Å². The zero-order valence-corrected chi connectivity index (χ0v) is 54.6. The van der Waals surface area contributed by atoms with E-state index in [9.17, 15) is 63.3 Å². The molecule has 4 heterocycles. The van der Waals surface area contributed by atoms with Crippen LogP contribution in [0.5, 0.6) is 34.5 Å². The van der Waals surface area contributed by atoms with Crippen LogP contribution in [-0.4, -0.2) is 264 Å². The molecule has 4 saturated heterocycles. The third-order valence-electron chi connectivity index (χ3n) is 17.5. The fraction of sp³-hybridized carbons (Fsp3) is 0.556. The number of morpholine rings is 1. The fourth-order valence-corrected chi connectivity index (χ4v) is 13.5. The highest BCUT2D eigenvalue weighted by molar-refractivity contribution is 7.82. The number of benzene rings is 4. The molecule has 4 aromatic rings. The first-order chi connectivity index (χ1) is 46.4. The van der Waals surface area contributed by atoms with Gasteiger partial charge in [-0.3, -0.25) is 24.1 Å². The van der Waals surface area contributed by atoms with Gasteiger partial charge in [-0.15, -0.1) is 8.42 Å². The molecule has 34 heteroatoms. The smallest absolute Gasteiger partial charge is 0.501 e. The molecule has 4 aromatic carbocycles. The number of nitrogens with zero attached hydrogens (tertiary/aromatic N) is 5. The highest BCUT2D eigenvalue weighted by atomic mass is 32.3. The van der Waals surface area contributed by atoms with Gasteiger partial charge in [0.1, 0.15) is 65.7 Å². The summed E-state index contributed by atoms with van der Waals surface area (Å²) >= 11 is 0. The lowest BCUT2D eigenvalue weighted by Crippen LogP contribution is -2.60. The highest BCUT2D eigenvalue weighted by Crippen LogP contribution is 2.53.